The van der Waals surface area contributed by atoms with E-state index in [1.165, 1.54) is 0 Å². The van der Waals surface area contributed by atoms with Crippen molar-refractivity contribution in [3.05, 3.63) is 72.8 Å². The third kappa shape index (κ3) is 5.60. The van der Waals surface area contributed by atoms with E-state index in [0.29, 0.717) is 29.4 Å². The SMILES string of the molecule is O=C(CCNc1ncccn1)Nc1cccc(NC(=O)c2ccncc2)c1. The summed E-state index contributed by atoms with van der Waals surface area (Å²) < 4.78 is 0. The highest BCUT2D eigenvalue weighted by atomic mass is 16.2. The third-order valence-electron chi connectivity index (χ3n) is 3.55. The lowest BCUT2D eigenvalue weighted by molar-refractivity contribution is -0.115. The van der Waals surface area contributed by atoms with E-state index in [-0.39, 0.29) is 18.2 Å². The molecule has 0 bridgehead atoms. The zero-order valence-electron chi connectivity index (χ0n) is 14.4. The summed E-state index contributed by atoms with van der Waals surface area (Å²) in [6, 6.07) is 11.9. The van der Waals surface area contributed by atoms with Gasteiger partial charge in [-0.2, -0.15) is 0 Å². The van der Waals surface area contributed by atoms with Crippen molar-refractivity contribution >= 4 is 29.1 Å². The number of carbonyl (C=O) groups excluding carboxylic acids is 2. The highest BCUT2D eigenvalue weighted by Crippen LogP contribution is 2.16. The summed E-state index contributed by atoms with van der Waals surface area (Å²) >= 11 is 0. The van der Waals surface area contributed by atoms with Crippen molar-refractivity contribution in [1.82, 2.24) is 15.0 Å². The second kappa shape index (κ2) is 9.04. The van der Waals surface area contributed by atoms with Gasteiger partial charge in [0.25, 0.3) is 5.91 Å². The average Bonchev–Trinajstić information content (AvgIpc) is 2.70. The highest BCUT2D eigenvalue weighted by Gasteiger charge is 2.07. The van der Waals surface area contributed by atoms with Crippen LogP contribution in [0.3, 0.4) is 0 Å². The first-order chi connectivity index (χ1) is 13.2. The van der Waals surface area contributed by atoms with Crippen LogP contribution in [-0.2, 0) is 4.79 Å². The Morgan fingerprint density at radius 1 is 0.852 bits per heavy atom. The van der Waals surface area contributed by atoms with Gasteiger partial charge in [0.2, 0.25) is 11.9 Å². The van der Waals surface area contributed by atoms with Crippen LogP contribution in [0.2, 0.25) is 0 Å². The van der Waals surface area contributed by atoms with E-state index in [2.05, 4.69) is 30.9 Å². The fourth-order valence-electron chi connectivity index (χ4n) is 2.28. The number of benzene rings is 1. The largest absolute Gasteiger partial charge is 0.354 e. The van der Waals surface area contributed by atoms with Crippen molar-refractivity contribution in [2.45, 2.75) is 6.42 Å². The van der Waals surface area contributed by atoms with Crippen LogP contribution in [0.25, 0.3) is 0 Å². The van der Waals surface area contributed by atoms with Crippen LogP contribution in [0.15, 0.2) is 67.3 Å². The second-order valence-corrected chi connectivity index (χ2v) is 5.57. The molecule has 0 aliphatic carbocycles. The van der Waals surface area contributed by atoms with Crippen LogP contribution < -0.4 is 16.0 Å². The van der Waals surface area contributed by atoms with E-state index in [4.69, 9.17) is 0 Å². The maximum atomic E-state index is 12.2. The fourth-order valence-corrected chi connectivity index (χ4v) is 2.28. The molecule has 0 unspecified atom stereocenters. The van der Waals surface area contributed by atoms with Gasteiger partial charge in [-0.3, -0.25) is 14.6 Å². The van der Waals surface area contributed by atoms with Crippen LogP contribution in [0.4, 0.5) is 17.3 Å². The number of anilines is 3. The van der Waals surface area contributed by atoms with Crippen molar-refractivity contribution in [3.8, 4) is 0 Å². The fraction of sp³-hybridized carbons (Fsp3) is 0.105. The Bertz CT molecular complexity index is 902. The summed E-state index contributed by atoms with van der Waals surface area (Å²) in [6.45, 7) is 0.411. The van der Waals surface area contributed by atoms with Gasteiger partial charge in [-0.25, -0.2) is 9.97 Å². The molecule has 3 aromatic rings. The number of aromatic nitrogens is 3. The van der Waals surface area contributed by atoms with Crippen molar-refractivity contribution in [3.63, 3.8) is 0 Å². The molecule has 1 aromatic carbocycles. The molecule has 0 spiro atoms. The maximum absolute atomic E-state index is 12.2. The van der Waals surface area contributed by atoms with Crippen molar-refractivity contribution < 1.29 is 9.59 Å². The van der Waals surface area contributed by atoms with Crippen LogP contribution >= 0.6 is 0 Å². The second-order valence-electron chi connectivity index (χ2n) is 5.57. The molecule has 2 amide bonds. The number of nitrogens with one attached hydrogen (secondary N) is 3. The van der Waals surface area contributed by atoms with Crippen LogP contribution in [-0.4, -0.2) is 33.3 Å². The van der Waals surface area contributed by atoms with E-state index < -0.39 is 0 Å². The predicted molar refractivity (Wildman–Crippen MR) is 102 cm³/mol. The lowest BCUT2D eigenvalue weighted by Gasteiger charge is -2.09. The predicted octanol–water partition coefficient (Wildman–Crippen LogP) is 2.56. The van der Waals surface area contributed by atoms with Gasteiger partial charge in [-0.1, -0.05) is 6.07 Å². The number of hydrogen-bond donors (Lipinski definition) is 3. The molecule has 0 radical (unpaired) electrons. The standard InChI is InChI=1S/C19H18N6O2/c26-17(7-12-23-19-21-8-2-9-22-19)24-15-3-1-4-16(13-15)25-18(27)14-5-10-20-11-6-14/h1-6,8-11,13H,7,12H2,(H,24,26)(H,25,27)(H,21,22,23). The Balaban J connectivity index is 1.51. The molecule has 27 heavy (non-hydrogen) atoms. The molecule has 3 N–H and O–H groups in total. The molecule has 0 aliphatic rings. The molecule has 2 aromatic heterocycles. The minimum absolute atomic E-state index is 0.156. The third-order valence-corrected chi connectivity index (χ3v) is 3.55. The zero-order valence-corrected chi connectivity index (χ0v) is 14.4. The number of amides is 2. The van der Waals surface area contributed by atoms with E-state index in [1.807, 2.05) is 0 Å². The molecular formula is C19H18N6O2. The lowest BCUT2D eigenvalue weighted by Crippen LogP contribution is -2.17. The lowest BCUT2D eigenvalue weighted by atomic mass is 10.2. The van der Waals surface area contributed by atoms with Gasteiger partial charge in [-0.15, -0.1) is 0 Å². The highest BCUT2D eigenvalue weighted by molar-refractivity contribution is 6.04. The molecule has 2 heterocycles. The first-order valence-corrected chi connectivity index (χ1v) is 8.33. The normalized spacial score (nSPS) is 10.1. The topological polar surface area (TPSA) is 109 Å². The summed E-state index contributed by atoms with van der Waals surface area (Å²) in [6.07, 6.45) is 6.62. The first kappa shape index (κ1) is 18.0. The Morgan fingerprint density at radius 2 is 1.56 bits per heavy atom. The zero-order chi connectivity index (χ0) is 18.9. The number of nitrogens with zero attached hydrogens (tertiary/aromatic N) is 3. The van der Waals surface area contributed by atoms with Gasteiger partial charge in [0.05, 0.1) is 0 Å². The van der Waals surface area contributed by atoms with Crippen molar-refractivity contribution in [2.75, 3.05) is 22.5 Å². The van der Waals surface area contributed by atoms with Gasteiger partial charge in [0.15, 0.2) is 0 Å². The molecule has 8 heteroatoms. The molecule has 136 valence electrons. The summed E-state index contributed by atoms with van der Waals surface area (Å²) in [7, 11) is 0. The first-order valence-electron chi connectivity index (χ1n) is 8.33. The van der Waals surface area contributed by atoms with Crippen LogP contribution in [0.1, 0.15) is 16.8 Å². The molecular weight excluding hydrogens is 344 g/mol. The van der Waals surface area contributed by atoms with Gasteiger partial charge in [0.1, 0.15) is 0 Å². The quantitative estimate of drug-likeness (QED) is 0.596. The smallest absolute Gasteiger partial charge is 0.255 e. The number of hydrogen-bond acceptors (Lipinski definition) is 6. The number of carbonyl (C=O) groups is 2. The Kier molecular flexibility index (Phi) is 6.03. The monoisotopic (exact) mass is 362 g/mol. The number of pyridine rings is 1. The van der Waals surface area contributed by atoms with Crippen molar-refractivity contribution in [1.29, 1.82) is 0 Å². The van der Waals surface area contributed by atoms with Crippen LogP contribution in [0, 0.1) is 0 Å². The average molecular weight is 362 g/mol. The minimum Gasteiger partial charge on any atom is -0.354 e. The summed E-state index contributed by atoms with van der Waals surface area (Å²) in [5, 5.41) is 8.56. The van der Waals surface area contributed by atoms with Gasteiger partial charge in [-0.05, 0) is 36.4 Å². The molecule has 0 saturated heterocycles. The molecule has 0 aliphatic heterocycles. The van der Waals surface area contributed by atoms with Gasteiger partial charge >= 0.3 is 0 Å². The van der Waals surface area contributed by atoms with Crippen molar-refractivity contribution in [2.24, 2.45) is 0 Å². The van der Waals surface area contributed by atoms with E-state index in [0.717, 1.165) is 0 Å². The van der Waals surface area contributed by atoms with E-state index in [1.54, 1.807) is 67.3 Å². The Labute approximate surface area is 156 Å². The Hall–Kier alpha value is -3.81. The Morgan fingerprint density at radius 3 is 2.30 bits per heavy atom. The summed E-state index contributed by atoms with van der Waals surface area (Å²) in [5.74, 6) is 0.0788. The van der Waals surface area contributed by atoms with E-state index >= 15 is 0 Å². The minimum atomic E-state index is -0.243. The molecule has 0 fully saturated rings. The summed E-state index contributed by atoms with van der Waals surface area (Å²) in [5.41, 5.74) is 1.70. The number of rotatable bonds is 7. The van der Waals surface area contributed by atoms with E-state index in [9.17, 15) is 9.59 Å². The molecule has 3 rings (SSSR count). The summed E-state index contributed by atoms with van der Waals surface area (Å²) in [4.78, 5) is 36.2. The molecule has 0 atom stereocenters. The molecule has 8 nitrogen and oxygen atoms in total. The van der Waals surface area contributed by atoms with Gasteiger partial charge in [0, 0.05) is 54.7 Å². The van der Waals surface area contributed by atoms with Crippen LogP contribution in [0.5, 0.6) is 0 Å². The molecule has 0 saturated carbocycles. The maximum Gasteiger partial charge on any atom is 0.255 e. The van der Waals surface area contributed by atoms with Gasteiger partial charge < -0.3 is 16.0 Å².